The highest BCUT2D eigenvalue weighted by atomic mass is 19.1. The van der Waals surface area contributed by atoms with Gasteiger partial charge in [-0.05, 0) is 68.6 Å². The van der Waals surface area contributed by atoms with E-state index in [9.17, 15) is 14.0 Å². The standard InChI is InChI=1S/C21H22FN3O2/c1-11-14(10-20(26)18-4-3-7-23-18)12(2)24-19(11)9-16-15-8-13(22)5-6-17(15)25-21(16)27/h5-6,8-9,18,23-24H,3-4,7,10H2,1-2H3,(H,25,27)/b16-9-/t18-/m0/s1. The third kappa shape index (κ3) is 3.21. The smallest absolute Gasteiger partial charge is 0.256 e. The third-order valence-corrected chi connectivity index (χ3v) is 5.48. The van der Waals surface area contributed by atoms with Gasteiger partial charge in [-0.1, -0.05) is 0 Å². The maximum Gasteiger partial charge on any atom is 0.256 e. The number of Topliss-reactive ketones (excluding diaryl/α,β-unsaturated/α-hetero) is 1. The number of hydrogen-bond donors (Lipinski definition) is 3. The van der Waals surface area contributed by atoms with E-state index in [-0.39, 0.29) is 23.5 Å². The van der Waals surface area contributed by atoms with Crippen molar-refractivity contribution in [2.45, 2.75) is 39.2 Å². The van der Waals surface area contributed by atoms with Crippen LogP contribution in [0.4, 0.5) is 10.1 Å². The van der Waals surface area contributed by atoms with Gasteiger partial charge < -0.3 is 15.6 Å². The van der Waals surface area contributed by atoms with Crippen LogP contribution in [-0.2, 0) is 16.0 Å². The Kier molecular flexibility index (Phi) is 4.44. The van der Waals surface area contributed by atoms with Gasteiger partial charge in [-0.2, -0.15) is 0 Å². The quantitative estimate of drug-likeness (QED) is 0.727. The number of benzene rings is 1. The van der Waals surface area contributed by atoms with Crippen LogP contribution in [0, 0.1) is 19.7 Å². The van der Waals surface area contributed by atoms with Crippen LogP contribution in [0.3, 0.4) is 0 Å². The van der Waals surface area contributed by atoms with Gasteiger partial charge >= 0.3 is 0 Å². The van der Waals surface area contributed by atoms with Gasteiger partial charge in [-0.15, -0.1) is 0 Å². The largest absolute Gasteiger partial charge is 0.359 e. The molecule has 0 spiro atoms. The number of halogens is 1. The van der Waals surface area contributed by atoms with Crippen LogP contribution < -0.4 is 10.6 Å². The first-order valence-corrected chi connectivity index (χ1v) is 9.21. The summed E-state index contributed by atoms with van der Waals surface area (Å²) < 4.78 is 13.6. The summed E-state index contributed by atoms with van der Waals surface area (Å²) in [6.07, 6.45) is 4.03. The van der Waals surface area contributed by atoms with E-state index in [4.69, 9.17) is 0 Å². The SMILES string of the molecule is Cc1[nH]c(/C=C2\C(=O)Nc3ccc(F)cc32)c(C)c1CC(=O)[C@@H]1CCCN1. The maximum atomic E-state index is 13.6. The molecule has 27 heavy (non-hydrogen) atoms. The summed E-state index contributed by atoms with van der Waals surface area (Å²) in [5.74, 6) is -0.441. The van der Waals surface area contributed by atoms with E-state index in [1.165, 1.54) is 12.1 Å². The number of carbonyl (C=O) groups is 2. The van der Waals surface area contributed by atoms with Crippen LogP contribution in [0.15, 0.2) is 18.2 Å². The van der Waals surface area contributed by atoms with Crippen molar-refractivity contribution < 1.29 is 14.0 Å². The number of hydrogen-bond acceptors (Lipinski definition) is 3. The molecule has 3 heterocycles. The molecule has 5 nitrogen and oxygen atoms in total. The zero-order valence-electron chi connectivity index (χ0n) is 15.4. The lowest BCUT2D eigenvalue weighted by molar-refractivity contribution is -0.120. The van der Waals surface area contributed by atoms with E-state index in [2.05, 4.69) is 15.6 Å². The molecule has 2 aromatic rings. The zero-order valence-corrected chi connectivity index (χ0v) is 15.4. The maximum absolute atomic E-state index is 13.6. The minimum atomic E-state index is -0.383. The average Bonchev–Trinajstić information content (AvgIpc) is 3.32. The number of anilines is 1. The van der Waals surface area contributed by atoms with Crippen molar-refractivity contribution in [1.82, 2.24) is 10.3 Å². The monoisotopic (exact) mass is 367 g/mol. The molecule has 140 valence electrons. The van der Waals surface area contributed by atoms with Crippen molar-refractivity contribution >= 4 is 29.0 Å². The molecule has 6 heteroatoms. The first-order valence-electron chi connectivity index (χ1n) is 9.21. The molecule has 1 saturated heterocycles. The van der Waals surface area contributed by atoms with E-state index >= 15 is 0 Å². The number of aryl methyl sites for hydroxylation is 1. The molecule has 0 unspecified atom stereocenters. The van der Waals surface area contributed by atoms with Crippen molar-refractivity contribution in [2.75, 3.05) is 11.9 Å². The second-order valence-electron chi connectivity index (χ2n) is 7.26. The van der Waals surface area contributed by atoms with Crippen molar-refractivity contribution in [2.24, 2.45) is 0 Å². The van der Waals surface area contributed by atoms with Crippen LogP contribution in [0.1, 0.15) is 40.9 Å². The summed E-state index contributed by atoms with van der Waals surface area (Å²) in [5, 5.41) is 6.00. The van der Waals surface area contributed by atoms with Gasteiger partial charge in [0, 0.05) is 29.1 Å². The Bertz CT molecular complexity index is 968. The lowest BCUT2D eigenvalue weighted by Gasteiger charge is -2.09. The lowest BCUT2D eigenvalue weighted by atomic mass is 9.98. The van der Waals surface area contributed by atoms with Crippen molar-refractivity contribution in [1.29, 1.82) is 0 Å². The molecular formula is C21H22FN3O2. The highest BCUT2D eigenvalue weighted by molar-refractivity contribution is 6.34. The summed E-state index contributed by atoms with van der Waals surface area (Å²) in [7, 11) is 0. The summed E-state index contributed by atoms with van der Waals surface area (Å²) >= 11 is 0. The van der Waals surface area contributed by atoms with E-state index in [0.29, 0.717) is 23.2 Å². The van der Waals surface area contributed by atoms with Crippen molar-refractivity contribution in [3.05, 3.63) is 52.1 Å². The first-order chi connectivity index (χ1) is 12.9. The number of H-pyrrole nitrogens is 1. The van der Waals surface area contributed by atoms with E-state index in [0.717, 1.165) is 41.9 Å². The van der Waals surface area contributed by atoms with E-state index in [1.54, 1.807) is 12.1 Å². The second kappa shape index (κ2) is 6.78. The highest BCUT2D eigenvalue weighted by Gasteiger charge is 2.27. The normalized spacial score (nSPS) is 20.2. The molecule has 2 aliphatic heterocycles. The predicted molar refractivity (Wildman–Crippen MR) is 103 cm³/mol. The Morgan fingerprint density at radius 2 is 2.15 bits per heavy atom. The number of rotatable bonds is 4. The first kappa shape index (κ1) is 17.7. The Morgan fingerprint density at radius 1 is 1.33 bits per heavy atom. The van der Waals surface area contributed by atoms with Crippen LogP contribution in [0.2, 0.25) is 0 Å². The fourth-order valence-corrected chi connectivity index (χ4v) is 3.93. The van der Waals surface area contributed by atoms with Gasteiger partial charge in [0.2, 0.25) is 0 Å². The number of nitrogens with one attached hydrogen (secondary N) is 3. The molecule has 3 N–H and O–H groups in total. The molecular weight excluding hydrogens is 345 g/mol. The van der Waals surface area contributed by atoms with Gasteiger partial charge in [0.15, 0.2) is 5.78 Å². The summed E-state index contributed by atoms with van der Waals surface area (Å²) in [5.41, 5.74) is 5.20. The topological polar surface area (TPSA) is 74.0 Å². The molecule has 1 atom stereocenters. The minimum Gasteiger partial charge on any atom is -0.359 e. The Morgan fingerprint density at radius 3 is 2.89 bits per heavy atom. The number of fused-ring (bicyclic) bond motifs is 1. The fourth-order valence-electron chi connectivity index (χ4n) is 3.93. The molecule has 1 amide bonds. The Balaban J connectivity index is 1.66. The van der Waals surface area contributed by atoms with Crippen LogP contribution >= 0.6 is 0 Å². The molecule has 0 bridgehead atoms. The average molecular weight is 367 g/mol. The Hall–Kier alpha value is -2.73. The molecule has 1 aromatic heterocycles. The van der Waals surface area contributed by atoms with Gasteiger partial charge in [0.25, 0.3) is 5.91 Å². The molecule has 1 fully saturated rings. The zero-order chi connectivity index (χ0) is 19.1. The Labute approximate surface area is 157 Å². The van der Waals surface area contributed by atoms with Gasteiger partial charge in [0.05, 0.1) is 11.6 Å². The minimum absolute atomic E-state index is 0.0593. The van der Waals surface area contributed by atoms with E-state index < -0.39 is 0 Å². The van der Waals surface area contributed by atoms with Gasteiger partial charge in [-0.3, -0.25) is 9.59 Å². The molecule has 0 aliphatic carbocycles. The van der Waals surface area contributed by atoms with Gasteiger partial charge in [-0.25, -0.2) is 4.39 Å². The molecule has 4 rings (SSSR count). The van der Waals surface area contributed by atoms with Crippen molar-refractivity contribution in [3.63, 3.8) is 0 Å². The lowest BCUT2D eigenvalue weighted by Crippen LogP contribution is -2.32. The summed E-state index contributed by atoms with van der Waals surface area (Å²) in [6, 6.07) is 4.19. The molecule has 0 saturated carbocycles. The summed E-state index contributed by atoms with van der Waals surface area (Å²) in [4.78, 5) is 28.1. The molecule has 1 aromatic carbocycles. The predicted octanol–water partition coefficient (Wildman–Crippen LogP) is 3.13. The number of aromatic amines is 1. The second-order valence-corrected chi connectivity index (χ2v) is 7.26. The number of carbonyl (C=O) groups excluding carboxylic acids is 2. The molecule has 0 radical (unpaired) electrons. The summed E-state index contributed by atoms with van der Waals surface area (Å²) in [6.45, 7) is 4.77. The van der Waals surface area contributed by atoms with Crippen LogP contribution in [0.5, 0.6) is 0 Å². The van der Waals surface area contributed by atoms with Gasteiger partial charge in [0.1, 0.15) is 5.82 Å². The van der Waals surface area contributed by atoms with Crippen LogP contribution in [0.25, 0.3) is 11.6 Å². The number of aromatic nitrogens is 1. The molecule has 2 aliphatic rings. The number of amides is 1. The van der Waals surface area contributed by atoms with E-state index in [1.807, 2.05) is 13.8 Å². The van der Waals surface area contributed by atoms with Crippen LogP contribution in [-0.4, -0.2) is 29.3 Å². The number of ketones is 1. The third-order valence-electron chi connectivity index (χ3n) is 5.48. The van der Waals surface area contributed by atoms with Crippen molar-refractivity contribution in [3.8, 4) is 0 Å². The fraction of sp³-hybridized carbons (Fsp3) is 0.333. The highest BCUT2D eigenvalue weighted by Crippen LogP contribution is 2.34.